The number of benzene rings is 3. The fourth-order valence-electron chi connectivity index (χ4n) is 4.93. The minimum atomic E-state index is -0.815. The van der Waals surface area contributed by atoms with Crippen molar-refractivity contribution in [3.63, 3.8) is 0 Å². The van der Waals surface area contributed by atoms with Crippen LogP contribution in [0.25, 0.3) is 17.4 Å². The van der Waals surface area contributed by atoms with Crippen LogP contribution in [0.5, 0.6) is 0 Å². The Morgan fingerprint density at radius 2 is 1.73 bits per heavy atom. The predicted molar refractivity (Wildman–Crippen MR) is 191 cm³/mol. The number of nitro benzene ring substituents is 1. The van der Waals surface area contributed by atoms with E-state index < -0.39 is 22.8 Å². The van der Waals surface area contributed by atoms with Gasteiger partial charge in [0.2, 0.25) is 5.91 Å². The molecule has 0 spiro atoms. The van der Waals surface area contributed by atoms with Gasteiger partial charge in [-0.3, -0.25) is 29.4 Å². The predicted octanol–water partition coefficient (Wildman–Crippen LogP) is 7.90. The fraction of sp³-hybridized carbons (Fsp3) is 0.0811. The number of non-ortho nitro benzene ring substituents is 1. The summed E-state index contributed by atoms with van der Waals surface area (Å²) < 4.78 is 5.85. The Labute approximate surface area is 291 Å². The van der Waals surface area contributed by atoms with Crippen molar-refractivity contribution in [2.75, 3.05) is 5.75 Å². The van der Waals surface area contributed by atoms with Crippen molar-refractivity contribution in [2.24, 2.45) is 4.99 Å². The first-order chi connectivity index (χ1) is 23.7. The van der Waals surface area contributed by atoms with E-state index in [-0.39, 0.29) is 44.6 Å². The summed E-state index contributed by atoms with van der Waals surface area (Å²) in [7, 11) is 0. The number of rotatable bonds is 11. The second-order valence-corrected chi connectivity index (χ2v) is 11.8. The van der Waals surface area contributed by atoms with Crippen LogP contribution in [0, 0.1) is 10.1 Å². The Balaban J connectivity index is 1.41. The Kier molecular flexibility index (Phi) is 11.2. The van der Waals surface area contributed by atoms with E-state index in [0.29, 0.717) is 11.3 Å². The number of thioether (sulfide) groups is 1. The van der Waals surface area contributed by atoms with Gasteiger partial charge in [-0.05, 0) is 48.4 Å². The zero-order valence-electron chi connectivity index (χ0n) is 26.1. The summed E-state index contributed by atoms with van der Waals surface area (Å²) in [4.78, 5) is 56.6. The molecule has 12 heteroatoms. The van der Waals surface area contributed by atoms with Crippen molar-refractivity contribution < 1.29 is 23.7 Å². The molecule has 0 bridgehead atoms. The van der Waals surface area contributed by atoms with Crippen LogP contribution in [0.2, 0.25) is 5.02 Å². The normalized spacial score (nSPS) is 14.4. The number of allylic oxidation sites excluding steroid dienone is 4. The van der Waals surface area contributed by atoms with E-state index in [1.54, 1.807) is 31.2 Å². The first-order valence-corrected chi connectivity index (χ1v) is 16.3. The lowest BCUT2D eigenvalue weighted by molar-refractivity contribution is -0.384. The Bertz CT molecular complexity index is 2000. The number of carbonyl (C=O) groups is 3. The summed E-state index contributed by atoms with van der Waals surface area (Å²) in [6.07, 6.45) is 7.75. The number of nitrogens with zero attached hydrogens (tertiary/aromatic N) is 3. The van der Waals surface area contributed by atoms with Gasteiger partial charge in [0.05, 0.1) is 21.7 Å². The number of hydrogen-bond acceptors (Lipinski definition) is 7. The monoisotopic (exact) mass is 692 g/mol. The molecule has 0 fully saturated rings. The van der Waals surface area contributed by atoms with E-state index in [4.69, 9.17) is 16.0 Å². The molecule has 0 unspecified atom stereocenters. The molecule has 5 rings (SSSR count). The zero-order valence-corrected chi connectivity index (χ0v) is 27.7. The highest BCUT2D eigenvalue weighted by Crippen LogP contribution is 2.33. The fourth-order valence-corrected chi connectivity index (χ4v) is 6.00. The summed E-state index contributed by atoms with van der Waals surface area (Å²) in [5, 5.41) is 14.3. The minimum Gasteiger partial charge on any atom is -0.457 e. The maximum absolute atomic E-state index is 14.0. The van der Waals surface area contributed by atoms with Gasteiger partial charge in [0.15, 0.2) is 5.17 Å². The van der Waals surface area contributed by atoms with Crippen LogP contribution in [-0.2, 0) is 14.4 Å². The molecular weight excluding hydrogens is 664 g/mol. The number of amidine groups is 1. The Morgan fingerprint density at radius 3 is 2.33 bits per heavy atom. The maximum atomic E-state index is 14.0. The Morgan fingerprint density at radius 1 is 1.06 bits per heavy atom. The van der Waals surface area contributed by atoms with E-state index in [1.165, 1.54) is 41.3 Å². The molecular formula is C37H29ClN4O6S. The van der Waals surface area contributed by atoms with E-state index in [0.717, 1.165) is 22.9 Å². The molecule has 0 aliphatic carbocycles. The van der Waals surface area contributed by atoms with Crippen molar-refractivity contribution in [3.05, 3.63) is 165 Å². The molecule has 10 nitrogen and oxygen atoms in total. The molecule has 1 aliphatic rings. The molecule has 0 saturated carbocycles. The summed E-state index contributed by atoms with van der Waals surface area (Å²) >= 11 is 7.22. The highest BCUT2D eigenvalue weighted by atomic mass is 35.5. The number of nitrogens with one attached hydrogen (secondary N) is 1. The smallest absolute Gasteiger partial charge is 0.285 e. The van der Waals surface area contributed by atoms with Crippen molar-refractivity contribution in [3.8, 4) is 11.3 Å². The second-order valence-electron chi connectivity index (χ2n) is 10.4. The molecule has 3 aromatic carbocycles. The van der Waals surface area contributed by atoms with Gasteiger partial charge in [-0.15, -0.1) is 0 Å². The molecule has 246 valence electrons. The maximum Gasteiger partial charge on any atom is 0.285 e. The van der Waals surface area contributed by atoms with Gasteiger partial charge in [0.1, 0.15) is 17.1 Å². The number of halogens is 1. The molecule has 0 saturated heterocycles. The van der Waals surface area contributed by atoms with Crippen molar-refractivity contribution in [2.45, 2.75) is 13.0 Å². The van der Waals surface area contributed by atoms with Crippen LogP contribution in [-0.4, -0.2) is 38.5 Å². The number of hydrogen-bond donors (Lipinski definition) is 1. The molecule has 3 amide bonds. The third-order valence-corrected chi connectivity index (χ3v) is 8.51. The molecule has 4 aromatic rings. The largest absolute Gasteiger partial charge is 0.457 e. The van der Waals surface area contributed by atoms with Crippen LogP contribution in [0.4, 0.5) is 5.69 Å². The lowest BCUT2D eigenvalue weighted by atomic mass is 9.99. The quantitative estimate of drug-likeness (QED) is 0.0555. The molecule has 1 N–H and O–H groups in total. The first kappa shape index (κ1) is 34.6. The highest BCUT2D eigenvalue weighted by Gasteiger charge is 2.35. The number of amides is 3. The number of aliphatic imine (C=N–C) groups is 1. The summed E-state index contributed by atoms with van der Waals surface area (Å²) in [6, 6.07) is 25.7. The topological polar surface area (TPSA) is 135 Å². The lowest BCUT2D eigenvalue weighted by Crippen LogP contribution is -2.42. The van der Waals surface area contributed by atoms with Crippen LogP contribution in [0.1, 0.15) is 29.9 Å². The van der Waals surface area contributed by atoms with Crippen LogP contribution in [0.3, 0.4) is 0 Å². The average Bonchev–Trinajstić information content (AvgIpc) is 3.58. The minimum absolute atomic E-state index is 0.0258. The van der Waals surface area contributed by atoms with Gasteiger partial charge in [0, 0.05) is 23.4 Å². The molecule has 1 aliphatic heterocycles. The van der Waals surface area contributed by atoms with Gasteiger partial charge in [-0.2, -0.15) is 4.99 Å². The van der Waals surface area contributed by atoms with E-state index >= 15 is 0 Å². The van der Waals surface area contributed by atoms with E-state index in [2.05, 4.69) is 16.9 Å². The van der Waals surface area contributed by atoms with Gasteiger partial charge in [0.25, 0.3) is 17.5 Å². The first-order valence-electron chi connectivity index (χ1n) is 14.9. The van der Waals surface area contributed by atoms with Crippen molar-refractivity contribution in [1.29, 1.82) is 0 Å². The molecule has 0 atom stereocenters. The third kappa shape index (κ3) is 8.21. The van der Waals surface area contributed by atoms with Gasteiger partial charge in [-0.25, -0.2) is 0 Å². The van der Waals surface area contributed by atoms with E-state index in [9.17, 15) is 24.5 Å². The third-order valence-electron chi connectivity index (χ3n) is 7.26. The number of nitro groups is 1. The lowest BCUT2D eigenvalue weighted by Gasteiger charge is -2.28. The SMILES string of the molecule is C=C/C=C\C(=C/C)N1C(=O)/C(=C/c2ccc(-c3ccc([N+](=O)[O-])cc3Cl)o2)C(=O)N=C1SCC(=O)NC(c1ccccc1)c1ccccc1. The Hall–Kier alpha value is -5.78. The summed E-state index contributed by atoms with van der Waals surface area (Å²) in [6.45, 7) is 5.41. The van der Waals surface area contributed by atoms with Gasteiger partial charge in [-0.1, -0.05) is 109 Å². The molecule has 2 heterocycles. The molecule has 1 aromatic heterocycles. The number of carbonyl (C=O) groups excluding carboxylic acids is 3. The second kappa shape index (κ2) is 15.9. The molecule has 0 radical (unpaired) electrons. The zero-order chi connectivity index (χ0) is 34.9. The summed E-state index contributed by atoms with van der Waals surface area (Å²) in [5.41, 5.74) is 2.13. The van der Waals surface area contributed by atoms with Crippen LogP contribution < -0.4 is 5.32 Å². The van der Waals surface area contributed by atoms with Crippen molar-refractivity contribution >= 4 is 58.0 Å². The van der Waals surface area contributed by atoms with E-state index in [1.807, 2.05) is 60.7 Å². The summed E-state index contributed by atoms with van der Waals surface area (Å²) in [5.74, 6) is -1.53. The molecule has 49 heavy (non-hydrogen) atoms. The van der Waals surface area contributed by atoms with Gasteiger partial charge >= 0.3 is 0 Å². The number of furan rings is 1. The average molecular weight is 693 g/mol. The van der Waals surface area contributed by atoms with Crippen LogP contribution in [0.15, 0.2) is 143 Å². The van der Waals surface area contributed by atoms with Crippen LogP contribution >= 0.6 is 23.4 Å². The van der Waals surface area contributed by atoms with Gasteiger partial charge < -0.3 is 9.73 Å². The standard InChI is InChI=1S/C37H29ClN4O6S/c1-3-5-16-26(4-2)41-36(45)30(22-28-18-20-32(48-28)29-19-17-27(42(46)47)21-31(29)38)35(44)40-37(41)49-23-33(43)39-34(24-12-8-6-9-13-24)25-14-10-7-11-15-25/h3-22,34H,1,23H2,2H3,(H,39,43)/b16-5-,26-4+,30-22+. The highest BCUT2D eigenvalue weighted by molar-refractivity contribution is 8.14. The van der Waals surface area contributed by atoms with Crippen molar-refractivity contribution in [1.82, 2.24) is 10.2 Å².